The van der Waals surface area contributed by atoms with Gasteiger partial charge in [0.2, 0.25) is 0 Å². The summed E-state index contributed by atoms with van der Waals surface area (Å²) in [5, 5.41) is 9.41. The molecule has 0 radical (unpaired) electrons. The smallest absolute Gasteiger partial charge is 0.335 e. The Morgan fingerprint density at radius 3 is 2.46 bits per heavy atom. The zero-order chi connectivity index (χ0) is 19.3. The van der Waals surface area contributed by atoms with Crippen molar-refractivity contribution in [3.05, 3.63) is 53.0 Å². The number of nitrogens with zero attached hydrogens (tertiary/aromatic N) is 1. The summed E-state index contributed by atoms with van der Waals surface area (Å²) in [6, 6.07) is 8.45. The van der Waals surface area contributed by atoms with Crippen molar-refractivity contribution in [1.82, 2.24) is 4.90 Å². The van der Waals surface area contributed by atoms with Gasteiger partial charge in [0.25, 0.3) is 0 Å². The van der Waals surface area contributed by atoms with Gasteiger partial charge in [-0.25, -0.2) is 13.2 Å². The fraction of sp³-hybridized carbons (Fsp3) is 0.421. The summed E-state index contributed by atoms with van der Waals surface area (Å²) in [6.45, 7) is 2.77. The van der Waals surface area contributed by atoms with Gasteiger partial charge in [0.1, 0.15) is 5.75 Å². The van der Waals surface area contributed by atoms with Crippen molar-refractivity contribution >= 4 is 15.8 Å². The van der Waals surface area contributed by atoms with Gasteiger partial charge >= 0.3 is 5.97 Å². The van der Waals surface area contributed by atoms with E-state index in [1.165, 1.54) is 6.08 Å². The molecule has 0 fully saturated rings. The molecule has 0 saturated carbocycles. The Balaban J connectivity index is 2.48. The van der Waals surface area contributed by atoms with Gasteiger partial charge in [-0.15, -0.1) is 0 Å². The molecule has 0 heterocycles. The number of carboxylic acids is 1. The lowest BCUT2D eigenvalue weighted by Crippen LogP contribution is -2.47. The van der Waals surface area contributed by atoms with Crippen molar-refractivity contribution in [2.45, 2.75) is 31.9 Å². The zero-order valence-electron chi connectivity index (χ0n) is 15.3. The molecule has 0 spiro atoms. The lowest BCUT2D eigenvalue weighted by Gasteiger charge is -2.36. The number of unbranched alkanes of at least 4 members (excludes halogenated alkanes) is 1. The molecule has 2 unspecified atom stereocenters. The molecule has 1 aliphatic rings. The quantitative estimate of drug-likeness (QED) is 0.747. The highest BCUT2D eigenvalue weighted by Crippen LogP contribution is 2.29. The molecule has 0 bridgehead atoms. The van der Waals surface area contributed by atoms with Crippen LogP contribution in [0.1, 0.15) is 19.8 Å². The van der Waals surface area contributed by atoms with Crippen LogP contribution in [0.5, 0.6) is 5.75 Å². The fourth-order valence-corrected chi connectivity index (χ4v) is 3.81. The molecule has 2 atom stereocenters. The normalized spacial score (nSPS) is 20.5. The fourth-order valence-electron chi connectivity index (χ4n) is 2.86. The van der Waals surface area contributed by atoms with Crippen molar-refractivity contribution in [2.24, 2.45) is 0 Å². The molecule has 0 saturated heterocycles. The average molecular weight is 379 g/mol. The van der Waals surface area contributed by atoms with E-state index in [4.69, 9.17) is 4.74 Å². The summed E-state index contributed by atoms with van der Waals surface area (Å²) >= 11 is 0. The molecule has 0 aliphatic heterocycles. The predicted octanol–water partition coefficient (Wildman–Crippen LogP) is 2.49. The van der Waals surface area contributed by atoms with Crippen molar-refractivity contribution in [3.63, 3.8) is 0 Å². The first-order valence-electron chi connectivity index (χ1n) is 8.52. The number of para-hydroxylation sites is 1. The van der Waals surface area contributed by atoms with E-state index < -0.39 is 28.0 Å². The number of sulfone groups is 1. The van der Waals surface area contributed by atoms with E-state index in [-0.39, 0.29) is 10.5 Å². The van der Waals surface area contributed by atoms with Crippen LogP contribution in [0, 0.1) is 0 Å². The number of hydrogen-bond acceptors (Lipinski definition) is 5. The third-order valence-corrected chi connectivity index (χ3v) is 5.50. The summed E-state index contributed by atoms with van der Waals surface area (Å²) in [4.78, 5) is 13.4. The number of likely N-dealkylation sites (N-methyl/N-ethyl adjacent to an activating group) is 1. The van der Waals surface area contributed by atoms with Gasteiger partial charge in [0, 0.05) is 6.26 Å². The van der Waals surface area contributed by atoms with Crippen LogP contribution in [0.2, 0.25) is 0 Å². The molecule has 1 aromatic carbocycles. The molecule has 26 heavy (non-hydrogen) atoms. The molecule has 1 aromatic rings. The topological polar surface area (TPSA) is 83.9 Å². The molecule has 0 amide bonds. The third kappa shape index (κ3) is 4.95. The number of aliphatic carboxylic acids is 1. The Morgan fingerprint density at radius 1 is 1.27 bits per heavy atom. The Labute approximate surface area is 154 Å². The molecule has 6 nitrogen and oxygen atoms in total. The van der Waals surface area contributed by atoms with Gasteiger partial charge in [-0.1, -0.05) is 31.5 Å². The lowest BCUT2D eigenvalue weighted by molar-refractivity contribution is -0.132. The van der Waals surface area contributed by atoms with Gasteiger partial charge < -0.3 is 9.84 Å². The minimum Gasteiger partial charge on any atom is -0.483 e. The van der Waals surface area contributed by atoms with Gasteiger partial charge in [-0.05, 0) is 44.3 Å². The molecular formula is C19H25NO5S. The summed E-state index contributed by atoms with van der Waals surface area (Å²) in [5.74, 6) is -0.619. The van der Waals surface area contributed by atoms with Gasteiger partial charge in [0.15, 0.2) is 15.9 Å². The predicted molar refractivity (Wildman–Crippen MR) is 101 cm³/mol. The van der Waals surface area contributed by atoms with E-state index in [0.717, 1.165) is 19.1 Å². The third-order valence-electron chi connectivity index (χ3n) is 4.29. The molecule has 0 aromatic heterocycles. The number of hydrogen-bond donors (Lipinski definition) is 1. The molecule has 7 heteroatoms. The highest BCUT2D eigenvalue weighted by atomic mass is 32.2. The summed E-state index contributed by atoms with van der Waals surface area (Å²) in [6.07, 6.45) is 4.94. The molecule has 1 aliphatic carbocycles. The second-order valence-electron chi connectivity index (χ2n) is 6.42. The van der Waals surface area contributed by atoms with E-state index >= 15 is 0 Å². The van der Waals surface area contributed by atoms with E-state index in [1.54, 1.807) is 30.3 Å². The van der Waals surface area contributed by atoms with E-state index in [2.05, 4.69) is 6.92 Å². The maximum atomic E-state index is 12.4. The number of ether oxygens (including phenoxy) is 1. The summed E-state index contributed by atoms with van der Waals surface area (Å²) in [7, 11) is -1.79. The SMILES string of the molecule is CCCCN(C)C1C=C(C(=O)O)C=C(S(C)(=O)=O)C1Oc1ccccc1. The van der Waals surface area contributed by atoms with Crippen LogP contribution in [0.15, 0.2) is 53.0 Å². The minimum atomic E-state index is -3.64. The van der Waals surface area contributed by atoms with Gasteiger partial charge in [0.05, 0.1) is 16.5 Å². The maximum absolute atomic E-state index is 12.4. The van der Waals surface area contributed by atoms with E-state index in [0.29, 0.717) is 12.3 Å². The molecule has 2 rings (SSSR count). The number of carbonyl (C=O) groups is 1. The van der Waals surface area contributed by atoms with Crippen LogP contribution >= 0.6 is 0 Å². The molecule has 1 N–H and O–H groups in total. The first kappa shape index (κ1) is 20.2. The Morgan fingerprint density at radius 2 is 1.92 bits per heavy atom. The van der Waals surface area contributed by atoms with Crippen LogP contribution in [-0.2, 0) is 14.6 Å². The van der Waals surface area contributed by atoms with Crippen LogP contribution in [-0.4, -0.2) is 56.4 Å². The second-order valence-corrected chi connectivity index (χ2v) is 8.44. The van der Waals surface area contributed by atoms with Crippen molar-refractivity contribution in [3.8, 4) is 5.75 Å². The highest BCUT2D eigenvalue weighted by molar-refractivity contribution is 7.94. The number of benzene rings is 1. The van der Waals surface area contributed by atoms with Crippen molar-refractivity contribution < 1.29 is 23.1 Å². The van der Waals surface area contributed by atoms with Crippen LogP contribution in [0.3, 0.4) is 0 Å². The first-order valence-corrected chi connectivity index (χ1v) is 10.4. The highest BCUT2D eigenvalue weighted by Gasteiger charge is 2.37. The van der Waals surface area contributed by atoms with Gasteiger partial charge in [-0.2, -0.15) is 0 Å². The van der Waals surface area contributed by atoms with Gasteiger partial charge in [-0.3, -0.25) is 4.90 Å². The van der Waals surface area contributed by atoms with Crippen LogP contribution in [0.25, 0.3) is 0 Å². The molecular weight excluding hydrogens is 354 g/mol. The first-order chi connectivity index (χ1) is 12.2. The maximum Gasteiger partial charge on any atom is 0.335 e. The van der Waals surface area contributed by atoms with Crippen molar-refractivity contribution in [1.29, 1.82) is 0 Å². The van der Waals surface area contributed by atoms with Crippen molar-refractivity contribution in [2.75, 3.05) is 19.8 Å². The summed E-state index contributed by atoms with van der Waals surface area (Å²) < 4.78 is 30.7. The number of rotatable bonds is 8. The van der Waals surface area contributed by atoms with E-state index in [9.17, 15) is 18.3 Å². The Bertz CT molecular complexity index is 798. The molecule has 142 valence electrons. The van der Waals surface area contributed by atoms with E-state index in [1.807, 2.05) is 18.0 Å². The largest absolute Gasteiger partial charge is 0.483 e. The lowest BCUT2D eigenvalue weighted by atomic mass is 9.98. The Hall–Kier alpha value is -2.12. The average Bonchev–Trinajstić information content (AvgIpc) is 2.59. The van der Waals surface area contributed by atoms with Crippen LogP contribution in [0.4, 0.5) is 0 Å². The summed E-state index contributed by atoms with van der Waals surface area (Å²) in [5.41, 5.74) is -0.0355. The second kappa shape index (κ2) is 8.51. The number of carboxylic acid groups (broad SMARTS) is 1. The zero-order valence-corrected chi connectivity index (χ0v) is 16.1. The standard InChI is InChI=1S/C19H25NO5S/c1-4-5-11-20(2)16-12-14(19(21)22)13-17(26(3,23)24)18(16)25-15-9-7-6-8-10-15/h6-10,12-13,16,18H,4-5,11H2,1-3H3,(H,21,22). The Kier molecular flexibility index (Phi) is 6.61. The monoisotopic (exact) mass is 379 g/mol. The van der Waals surface area contributed by atoms with Crippen LogP contribution < -0.4 is 4.74 Å². The minimum absolute atomic E-state index is 0.0189.